The number of nitrogens with one attached hydrogen (secondary N) is 2. The van der Waals surface area contributed by atoms with Crippen molar-refractivity contribution >= 4 is 28.9 Å². The van der Waals surface area contributed by atoms with E-state index in [1.807, 2.05) is 12.1 Å². The van der Waals surface area contributed by atoms with Gasteiger partial charge >= 0.3 is 12.0 Å². The lowest BCUT2D eigenvalue weighted by molar-refractivity contribution is -0.128. The number of para-hydroxylation sites is 1. The number of aryl methyl sites for hydroxylation is 1. The van der Waals surface area contributed by atoms with Crippen LogP contribution in [0.5, 0.6) is 0 Å². The van der Waals surface area contributed by atoms with Gasteiger partial charge in [-0.1, -0.05) is 37.5 Å². The number of carbonyl (C=O) groups excluding carboxylic acids is 3. The van der Waals surface area contributed by atoms with E-state index in [-0.39, 0.29) is 11.8 Å². The highest BCUT2D eigenvalue weighted by Crippen LogP contribution is 2.25. The Kier molecular flexibility index (Phi) is 5.78. The third kappa shape index (κ3) is 4.48. The largest absolute Gasteiger partial charge is 0.449 e. The molecule has 3 amide bonds. The van der Waals surface area contributed by atoms with Gasteiger partial charge in [0.1, 0.15) is 5.58 Å². The van der Waals surface area contributed by atoms with Crippen LogP contribution < -0.4 is 10.6 Å². The van der Waals surface area contributed by atoms with Crippen LogP contribution >= 0.6 is 0 Å². The van der Waals surface area contributed by atoms with Crippen LogP contribution in [0.1, 0.15) is 55.1 Å². The van der Waals surface area contributed by atoms with Crippen molar-refractivity contribution in [2.45, 2.75) is 58.1 Å². The number of fused-ring (bicyclic) bond motifs is 1. The van der Waals surface area contributed by atoms with E-state index in [4.69, 9.17) is 9.15 Å². The predicted molar refractivity (Wildman–Crippen MR) is 99.4 cm³/mol. The molecule has 0 aliphatic heterocycles. The maximum Gasteiger partial charge on any atom is 0.375 e. The smallest absolute Gasteiger partial charge is 0.375 e. The van der Waals surface area contributed by atoms with Crippen molar-refractivity contribution in [2.75, 3.05) is 0 Å². The number of hydrogen-bond acceptors (Lipinski definition) is 5. The average Bonchev–Trinajstić information content (AvgIpc) is 2.99. The van der Waals surface area contributed by atoms with E-state index < -0.39 is 24.0 Å². The lowest BCUT2D eigenvalue weighted by Gasteiger charge is -2.23. The molecule has 7 heteroatoms. The summed E-state index contributed by atoms with van der Waals surface area (Å²) in [5.74, 6) is -1.35. The molecule has 0 radical (unpaired) electrons. The Morgan fingerprint density at radius 1 is 1.15 bits per heavy atom. The highest BCUT2D eigenvalue weighted by Gasteiger charge is 2.25. The molecule has 0 bridgehead atoms. The fourth-order valence-corrected chi connectivity index (χ4v) is 3.32. The summed E-state index contributed by atoms with van der Waals surface area (Å²) in [5, 5.41) is 5.83. The van der Waals surface area contributed by atoms with Crippen molar-refractivity contribution in [3.63, 3.8) is 0 Å². The number of hydrogen-bond donors (Lipinski definition) is 2. The second-order valence-corrected chi connectivity index (χ2v) is 6.90. The Morgan fingerprint density at radius 2 is 1.85 bits per heavy atom. The van der Waals surface area contributed by atoms with Crippen molar-refractivity contribution in [3.8, 4) is 0 Å². The van der Waals surface area contributed by atoms with Gasteiger partial charge in [-0.15, -0.1) is 0 Å². The van der Waals surface area contributed by atoms with Crippen molar-refractivity contribution in [1.82, 2.24) is 10.6 Å². The number of urea groups is 1. The zero-order valence-corrected chi connectivity index (χ0v) is 15.5. The lowest BCUT2D eigenvalue weighted by atomic mass is 9.96. The van der Waals surface area contributed by atoms with Gasteiger partial charge in [0.25, 0.3) is 5.91 Å². The molecule has 0 saturated heterocycles. The van der Waals surface area contributed by atoms with Gasteiger partial charge in [-0.3, -0.25) is 10.1 Å². The summed E-state index contributed by atoms with van der Waals surface area (Å²) in [4.78, 5) is 36.4. The van der Waals surface area contributed by atoms with E-state index in [1.165, 1.54) is 13.3 Å². The Bertz CT molecular complexity index is 851. The molecule has 1 saturated carbocycles. The van der Waals surface area contributed by atoms with E-state index in [2.05, 4.69) is 10.6 Å². The summed E-state index contributed by atoms with van der Waals surface area (Å²) in [5.41, 5.74) is 1.23. The summed E-state index contributed by atoms with van der Waals surface area (Å²) < 4.78 is 10.7. The number of benzene rings is 1. The third-order valence-electron chi connectivity index (χ3n) is 4.86. The zero-order valence-electron chi connectivity index (χ0n) is 15.5. The van der Waals surface area contributed by atoms with Crippen molar-refractivity contribution in [3.05, 3.63) is 35.6 Å². The van der Waals surface area contributed by atoms with Crippen LogP contribution in [0.3, 0.4) is 0 Å². The number of furan rings is 1. The molecule has 1 heterocycles. The van der Waals surface area contributed by atoms with Crippen LogP contribution in [0.4, 0.5) is 4.79 Å². The van der Waals surface area contributed by atoms with Gasteiger partial charge in [0.05, 0.1) is 0 Å². The predicted octanol–water partition coefficient (Wildman–Crippen LogP) is 3.45. The van der Waals surface area contributed by atoms with Gasteiger partial charge in [0.2, 0.25) is 5.76 Å². The van der Waals surface area contributed by atoms with E-state index in [0.717, 1.165) is 31.1 Å². The molecule has 1 fully saturated rings. The van der Waals surface area contributed by atoms with Crippen molar-refractivity contribution < 1.29 is 23.5 Å². The Balaban J connectivity index is 1.56. The molecule has 1 unspecified atom stereocenters. The molecule has 144 valence electrons. The van der Waals surface area contributed by atoms with Gasteiger partial charge in [-0.25, -0.2) is 9.59 Å². The zero-order chi connectivity index (χ0) is 19.4. The summed E-state index contributed by atoms with van der Waals surface area (Å²) in [6.07, 6.45) is 4.03. The van der Waals surface area contributed by atoms with Crippen molar-refractivity contribution in [1.29, 1.82) is 0 Å². The molecule has 0 spiro atoms. The molecule has 1 aromatic carbocycles. The second-order valence-electron chi connectivity index (χ2n) is 6.90. The van der Waals surface area contributed by atoms with Crippen LogP contribution in [0.2, 0.25) is 0 Å². The van der Waals surface area contributed by atoms with Gasteiger partial charge < -0.3 is 14.5 Å². The number of imide groups is 1. The van der Waals surface area contributed by atoms with E-state index in [1.54, 1.807) is 19.1 Å². The maximum absolute atomic E-state index is 12.4. The van der Waals surface area contributed by atoms with Crippen LogP contribution in [0, 0.1) is 6.92 Å². The van der Waals surface area contributed by atoms with E-state index in [9.17, 15) is 14.4 Å². The van der Waals surface area contributed by atoms with E-state index in [0.29, 0.717) is 11.1 Å². The SMILES string of the molecule is Cc1c(C(=O)OC(C)C(=O)NC(=O)NC2CCCCC2)oc2ccccc12. The highest BCUT2D eigenvalue weighted by atomic mass is 16.6. The molecule has 7 nitrogen and oxygen atoms in total. The first-order chi connectivity index (χ1) is 13.0. The Morgan fingerprint density at radius 3 is 2.56 bits per heavy atom. The number of carbonyl (C=O) groups is 3. The molecular formula is C20H24N2O5. The molecular weight excluding hydrogens is 348 g/mol. The normalized spacial score (nSPS) is 15.9. The van der Waals surface area contributed by atoms with Gasteiger partial charge in [-0.05, 0) is 32.8 Å². The maximum atomic E-state index is 12.4. The standard InChI is InChI=1S/C20H24N2O5/c1-12-15-10-6-7-11-16(15)27-17(12)19(24)26-13(2)18(23)22-20(25)21-14-8-4-3-5-9-14/h6-7,10-11,13-14H,3-5,8-9H2,1-2H3,(H2,21,22,23,25). The summed E-state index contributed by atoms with van der Waals surface area (Å²) in [6.45, 7) is 3.17. The third-order valence-corrected chi connectivity index (χ3v) is 4.86. The fourth-order valence-electron chi connectivity index (χ4n) is 3.32. The minimum Gasteiger partial charge on any atom is -0.449 e. The quantitative estimate of drug-likeness (QED) is 0.801. The molecule has 2 aromatic rings. The van der Waals surface area contributed by atoms with Crippen molar-refractivity contribution in [2.24, 2.45) is 0 Å². The summed E-state index contributed by atoms with van der Waals surface area (Å²) >= 11 is 0. The molecule has 1 atom stereocenters. The van der Waals surface area contributed by atoms with Crippen LogP contribution in [-0.2, 0) is 9.53 Å². The van der Waals surface area contributed by atoms with Crippen LogP contribution in [0.15, 0.2) is 28.7 Å². The number of rotatable bonds is 4. The molecule has 1 aromatic heterocycles. The second kappa shape index (κ2) is 8.24. The Hall–Kier alpha value is -2.83. The molecule has 27 heavy (non-hydrogen) atoms. The van der Waals surface area contributed by atoms with Gasteiger partial charge in [0.15, 0.2) is 6.10 Å². The molecule has 3 rings (SSSR count). The summed E-state index contributed by atoms with van der Waals surface area (Å²) in [6, 6.07) is 6.78. The number of esters is 1. The Labute approximate surface area is 157 Å². The monoisotopic (exact) mass is 372 g/mol. The molecule has 1 aliphatic rings. The lowest BCUT2D eigenvalue weighted by Crippen LogP contribution is -2.48. The first-order valence-electron chi connectivity index (χ1n) is 9.26. The minimum atomic E-state index is -1.12. The first-order valence-corrected chi connectivity index (χ1v) is 9.26. The number of ether oxygens (including phenoxy) is 1. The first kappa shape index (κ1) is 18.9. The van der Waals surface area contributed by atoms with Crippen LogP contribution in [0.25, 0.3) is 11.0 Å². The molecule has 1 aliphatic carbocycles. The number of amides is 3. The van der Waals surface area contributed by atoms with Crippen LogP contribution in [-0.4, -0.2) is 30.1 Å². The highest BCUT2D eigenvalue weighted by molar-refractivity contribution is 6.00. The topological polar surface area (TPSA) is 97.6 Å². The fraction of sp³-hybridized carbons (Fsp3) is 0.450. The van der Waals surface area contributed by atoms with E-state index >= 15 is 0 Å². The van der Waals surface area contributed by atoms with Gasteiger partial charge in [-0.2, -0.15) is 0 Å². The summed E-state index contributed by atoms with van der Waals surface area (Å²) in [7, 11) is 0. The van der Waals surface area contributed by atoms with Gasteiger partial charge in [0, 0.05) is 17.0 Å². The molecule has 2 N–H and O–H groups in total. The minimum absolute atomic E-state index is 0.0579. The average molecular weight is 372 g/mol.